The second-order valence-corrected chi connectivity index (χ2v) is 10.1. The highest BCUT2D eigenvalue weighted by Crippen LogP contribution is 2.62. The number of aryl methyl sites for hydroxylation is 1. The number of amides is 1. The average molecular weight is 432 g/mol. The van der Waals surface area contributed by atoms with Crippen molar-refractivity contribution in [1.82, 2.24) is 20.5 Å². The fourth-order valence-electron chi connectivity index (χ4n) is 6.81. The number of hydrogen-bond acceptors (Lipinski definition) is 5. The molecule has 4 saturated carbocycles. The van der Waals surface area contributed by atoms with Crippen molar-refractivity contribution in [3.8, 4) is 11.5 Å². The number of pyridine rings is 1. The van der Waals surface area contributed by atoms with Crippen molar-refractivity contribution < 1.29 is 13.6 Å². The fraction of sp³-hybridized carbons (Fsp3) is 0.440. The van der Waals surface area contributed by atoms with Gasteiger partial charge in [0, 0.05) is 16.8 Å². The largest absolute Gasteiger partial charge is 0.420 e. The molecule has 4 aliphatic rings. The second-order valence-electron chi connectivity index (χ2n) is 10.1. The molecule has 2 atom stereocenters. The van der Waals surface area contributed by atoms with Gasteiger partial charge in [-0.1, -0.05) is 12.1 Å². The SMILES string of the molecule is Cc1cccc(C(=O)NC23CC4CC(C2)CC(c2nnc(-c5cccc(F)c5)o2)(C4)C3)n1. The third-order valence-corrected chi connectivity index (χ3v) is 7.51. The Morgan fingerprint density at radius 1 is 1.09 bits per heavy atom. The first-order chi connectivity index (χ1) is 15.4. The summed E-state index contributed by atoms with van der Waals surface area (Å²) in [6.07, 6.45) is 5.92. The highest BCUT2D eigenvalue weighted by molar-refractivity contribution is 5.92. The molecule has 7 rings (SSSR count). The summed E-state index contributed by atoms with van der Waals surface area (Å²) >= 11 is 0. The Balaban J connectivity index is 1.31. The van der Waals surface area contributed by atoms with Crippen molar-refractivity contribution in [1.29, 1.82) is 0 Å². The minimum absolute atomic E-state index is 0.114. The topological polar surface area (TPSA) is 80.9 Å². The molecule has 4 fully saturated rings. The normalized spacial score (nSPS) is 30.4. The summed E-state index contributed by atoms with van der Waals surface area (Å²) in [7, 11) is 0. The van der Waals surface area contributed by atoms with Gasteiger partial charge in [-0.05, 0) is 87.6 Å². The van der Waals surface area contributed by atoms with Gasteiger partial charge in [-0.25, -0.2) is 9.37 Å². The molecule has 6 nitrogen and oxygen atoms in total. The van der Waals surface area contributed by atoms with Crippen LogP contribution < -0.4 is 5.32 Å². The van der Waals surface area contributed by atoms with Crippen LogP contribution in [0.3, 0.4) is 0 Å². The van der Waals surface area contributed by atoms with Crippen molar-refractivity contribution in [2.24, 2.45) is 11.8 Å². The highest BCUT2D eigenvalue weighted by atomic mass is 19.1. The lowest BCUT2D eigenvalue weighted by Crippen LogP contribution is -2.64. The van der Waals surface area contributed by atoms with Crippen LogP contribution in [0.5, 0.6) is 0 Å². The van der Waals surface area contributed by atoms with E-state index in [0.717, 1.165) is 37.8 Å². The molecule has 2 aromatic heterocycles. The number of aromatic nitrogens is 3. The Morgan fingerprint density at radius 2 is 1.88 bits per heavy atom. The Hall–Kier alpha value is -3.09. The molecule has 1 amide bonds. The van der Waals surface area contributed by atoms with Crippen LogP contribution in [0.25, 0.3) is 11.5 Å². The zero-order valence-electron chi connectivity index (χ0n) is 18.0. The molecular formula is C25H25FN4O2. The van der Waals surface area contributed by atoms with Crippen LogP contribution >= 0.6 is 0 Å². The van der Waals surface area contributed by atoms with Crippen LogP contribution in [0.4, 0.5) is 4.39 Å². The number of carbonyl (C=O) groups excluding carboxylic acids is 1. The summed E-state index contributed by atoms with van der Waals surface area (Å²) in [4.78, 5) is 17.5. The smallest absolute Gasteiger partial charge is 0.270 e. The minimum atomic E-state index is -0.330. The van der Waals surface area contributed by atoms with Crippen LogP contribution in [0.1, 0.15) is 60.6 Å². The van der Waals surface area contributed by atoms with Gasteiger partial charge in [0.1, 0.15) is 11.5 Å². The van der Waals surface area contributed by atoms with E-state index in [1.54, 1.807) is 18.2 Å². The van der Waals surface area contributed by atoms with E-state index in [1.165, 1.54) is 18.6 Å². The van der Waals surface area contributed by atoms with Crippen LogP contribution in [0, 0.1) is 24.6 Å². The van der Waals surface area contributed by atoms with Crippen LogP contribution in [-0.2, 0) is 5.41 Å². The van der Waals surface area contributed by atoms with Crippen LogP contribution in [0.15, 0.2) is 46.9 Å². The van der Waals surface area contributed by atoms with Gasteiger partial charge in [0.25, 0.3) is 5.91 Å². The monoisotopic (exact) mass is 432 g/mol. The van der Waals surface area contributed by atoms with E-state index in [4.69, 9.17) is 4.42 Å². The van der Waals surface area contributed by atoms with Crippen molar-refractivity contribution in [2.75, 3.05) is 0 Å². The van der Waals surface area contributed by atoms with E-state index in [-0.39, 0.29) is 22.7 Å². The zero-order chi connectivity index (χ0) is 21.9. The van der Waals surface area contributed by atoms with E-state index < -0.39 is 0 Å². The molecule has 3 aromatic rings. The number of hydrogen-bond donors (Lipinski definition) is 1. The van der Waals surface area contributed by atoms with Gasteiger partial charge < -0.3 is 9.73 Å². The maximum atomic E-state index is 13.7. The third-order valence-electron chi connectivity index (χ3n) is 7.51. The molecule has 1 N–H and O–H groups in total. The van der Waals surface area contributed by atoms with Crippen molar-refractivity contribution in [2.45, 2.75) is 56.4 Å². The Bertz CT molecular complexity index is 1190. The molecule has 164 valence electrons. The Morgan fingerprint density at radius 3 is 2.62 bits per heavy atom. The molecule has 2 heterocycles. The van der Waals surface area contributed by atoms with Crippen molar-refractivity contribution in [3.63, 3.8) is 0 Å². The van der Waals surface area contributed by atoms with Gasteiger partial charge >= 0.3 is 0 Å². The van der Waals surface area contributed by atoms with Crippen molar-refractivity contribution in [3.05, 3.63) is 65.6 Å². The quantitative estimate of drug-likeness (QED) is 0.652. The number of rotatable bonds is 4. The fourth-order valence-corrected chi connectivity index (χ4v) is 6.81. The van der Waals surface area contributed by atoms with Gasteiger partial charge in [0.05, 0.1) is 5.41 Å². The number of benzene rings is 1. The summed E-state index contributed by atoms with van der Waals surface area (Å²) in [5.74, 6) is 1.56. The number of nitrogens with zero attached hydrogens (tertiary/aromatic N) is 3. The highest BCUT2D eigenvalue weighted by Gasteiger charge is 2.60. The first-order valence-corrected chi connectivity index (χ1v) is 11.3. The van der Waals surface area contributed by atoms with Crippen molar-refractivity contribution >= 4 is 5.91 Å². The number of nitrogens with one attached hydrogen (secondary N) is 1. The standard InChI is InChI=1S/C25H25FN4O2/c1-15-4-2-7-20(27-15)21(31)28-25-12-16-8-17(13-25)11-24(10-16,14-25)23-30-29-22(32-23)18-5-3-6-19(26)9-18/h2-7,9,16-17H,8,10-14H2,1H3,(H,28,31). The predicted octanol–water partition coefficient (Wildman–Crippen LogP) is 4.60. The molecule has 2 unspecified atom stereocenters. The number of carbonyl (C=O) groups is 1. The predicted molar refractivity (Wildman–Crippen MR) is 115 cm³/mol. The first-order valence-electron chi connectivity index (χ1n) is 11.3. The molecule has 4 bridgehead atoms. The molecule has 1 aromatic carbocycles. The lowest BCUT2D eigenvalue weighted by atomic mass is 9.46. The van der Waals surface area contributed by atoms with E-state index in [1.807, 2.05) is 19.1 Å². The van der Waals surface area contributed by atoms with Gasteiger partial charge in [-0.15, -0.1) is 10.2 Å². The van der Waals surface area contributed by atoms with E-state index in [2.05, 4.69) is 20.5 Å². The summed E-state index contributed by atoms with van der Waals surface area (Å²) in [6.45, 7) is 1.89. The molecule has 7 heteroatoms. The lowest BCUT2D eigenvalue weighted by Gasteiger charge is -2.60. The average Bonchev–Trinajstić information content (AvgIpc) is 3.24. The molecule has 32 heavy (non-hydrogen) atoms. The molecule has 0 aliphatic heterocycles. The first kappa shape index (κ1) is 19.6. The van der Waals surface area contributed by atoms with E-state index in [0.29, 0.717) is 34.9 Å². The zero-order valence-corrected chi connectivity index (χ0v) is 18.0. The van der Waals surface area contributed by atoms with Gasteiger partial charge in [0.2, 0.25) is 11.8 Å². The molecular weight excluding hydrogens is 407 g/mol. The van der Waals surface area contributed by atoms with E-state index >= 15 is 0 Å². The van der Waals surface area contributed by atoms with E-state index in [9.17, 15) is 9.18 Å². The maximum Gasteiger partial charge on any atom is 0.270 e. The van der Waals surface area contributed by atoms with Crippen LogP contribution in [-0.4, -0.2) is 26.6 Å². The Kier molecular flexibility index (Phi) is 4.26. The number of halogens is 1. The summed E-state index contributed by atoms with van der Waals surface area (Å²) in [5.41, 5.74) is 1.36. The van der Waals surface area contributed by atoms with Crippen LogP contribution in [0.2, 0.25) is 0 Å². The lowest BCUT2D eigenvalue weighted by molar-refractivity contribution is -0.0471. The summed E-state index contributed by atoms with van der Waals surface area (Å²) in [5, 5.41) is 12.0. The minimum Gasteiger partial charge on any atom is -0.420 e. The molecule has 0 saturated heterocycles. The van der Waals surface area contributed by atoms with Gasteiger partial charge in [-0.2, -0.15) is 0 Å². The summed E-state index contributed by atoms with van der Waals surface area (Å²) in [6, 6.07) is 11.7. The third kappa shape index (κ3) is 3.22. The molecule has 0 spiro atoms. The Labute approximate surface area is 185 Å². The molecule has 4 aliphatic carbocycles. The maximum absolute atomic E-state index is 13.7. The second kappa shape index (κ2) is 6.95. The van der Waals surface area contributed by atoms with Gasteiger partial charge in [0.15, 0.2) is 0 Å². The van der Waals surface area contributed by atoms with Gasteiger partial charge in [-0.3, -0.25) is 4.79 Å². The summed E-state index contributed by atoms with van der Waals surface area (Å²) < 4.78 is 19.8. The molecule has 0 radical (unpaired) electrons.